The Balaban J connectivity index is 1.46. The number of aromatic nitrogens is 3. The number of rotatable bonds is 5. The van der Waals surface area contributed by atoms with Crippen LogP contribution in [-0.4, -0.2) is 21.9 Å². The van der Waals surface area contributed by atoms with Crippen LogP contribution in [0.3, 0.4) is 0 Å². The van der Waals surface area contributed by atoms with Gasteiger partial charge in [-0.25, -0.2) is 9.97 Å². The minimum Gasteiger partial charge on any atom is -0.469 e. The molecule has 0 aliphatic carbocycles. The van der Waals surface area contributed by atoms with Crippen molar-refractivity contribution in [2.24, 2.45) is 0 Å². The van der Waals surface area contributed by atoms with E-state index in [2.05, 4.69) is 15.5 Å². The number of benzene rings is 1. The number of ether oxygens (including phenoxy) is 2. The number of nitrogens with one attached hydrogen (secondary N) is 1. The van der Waals surface area contributed by atoms with Crippen LogP contribution in [0.2, 0.25) is 0 Å². The van der Waals surface area contributed by atoms with E-state index in [1.807, 2.05) is 44.2 Å². The Morgan fingerprint density at radius 1 is 1.03 bits per heavy atom. The van der Waals surface area contributed by atoms with Crippen molar-refractivity contribution in [1.29, 1.82) is 0 Å². The normalized spacial score (nSPS) is 12.3. The Morgan fingerprint density at radius 2 is 1.93 bits per heavy atom. The molecule has 1 aromatic carbocycles. The van der Waals surface area contributed by atoms with Gasteiger partial charge in [-0.2, -0.15) is 0 Å². The monoisotopic (exact) mass is 390 g/mol. The summed E-state index contributed by atoms with van der Waals surface area (Å²) in [6.45, 7) is 4.57. The fourth-order valence-corrected chi connectivity index (χ4v) is 3.21. The lowest BCUT2D eigenvalue weighted by Gasteiger charge is -2.10. The lowest BCUT2D eigenvalue weighted by atomic mass is 10.1. The van der Waals surface area contributed by atoms with Crippen LogP contribution in [-0.2, 0) is 6.54 Å². The Kier molecular flexibility index (Phi) is 4.16. The second-order valence-electron chi connectivity index (χ2n) is 6.72. The average Bonchev–Trinajstić information content (AvgIpc) is 3.46. The first-order valence-corrected chi connectivity index (χ1v) is 9.15. The minimum absolute atomic E-state index is 0.255. The maximum atomic E-state index is 5.47. The molecule has 29 heavy (non-hydrogen) atoms. The van der Waals surface area contributed by atoms with E-state index in [1.165, 1.54) is 0 Å². The lowest BCUT2D eigenvalue weighted by Crippen LogP contribution is -2.05. The third kappa shape index (κ3) is 3.29. The number of anilines is 1. The number of hydrogen-bond donors (Lipinski definition) is 1. The van der Waals surface area contributed by atoms with Crippen molar-refractivity contribution in [3.63, 3.8) is 0 Å². The quantitative estimate of drug-likeness (QED) is 0.537. The molecule has 8 heteroatoms. The van der Waals surface area contributed by atoms with Crippen LogP contribution in [0.4, 0.5) is 5.95 Å². The molecule has 0 radical (unpaired) electrons. The lowest BCUT2D eigenvalue weighted by molar-refractivity contribution is 0.174. The molecular formula is C21H18N4O4. The highest BCUT2D eigenvalue weighted by atomic mass is 16.7. The van der Waals surface area contributed by atoms with Crippen LogP contribution in [0.25, 0.3) is 22.6 Å². The highest BCUT2D eigenvalue weighted by Crippen LogP contribution is 2.34. The van der Waals surface area contributed by atoms with Crippen molar-refractivity contribution < 1.29 is 18.4 Å². The van der Waals surface area contributed by atoms with Gasteiger partial charge in [0.05, 0.1) is 23.2 Å². The summed E-state index contributed by atoms with van der Waals surface area (Å²) in [7, 11) is 0. The van der Waals surface area contributed by atoms with E-state index < -0.39 is 0 Å². The van der Waals surface area contributed by atoms with Crippen LogP contribution >= 0.6 is 0 Å². The SMILES string of the molecule is Cc1cc(-c2cnc(NCc3ccc4c(c3)OCO4)nc2-c2ccoc2C)on1. The molecule has 0 saturated carbocycles. The second kappa shape index (κ2) is 6.97. The fraction of sp³-hybridized carbons (Fsp3) is 0.190. The van der Waals surface area contributed by atoms with Crippen LogP contribution in [0.1, 0.15) is 17.0 Å². The highest BCUT2D eigenvalue weighted by Gasteiger charge is 2.18. The van der Waals surface area contributed by atoms with Gasteiger partial charge in [0.1, 0.15) is 5.76 Å². The van der Waals surface area contributed by atoms with E-state index >= 15 is 0 Å². The van der Waals surface area contributed by atoms with Gasteiger partial charge in [0.2, 0.25) is 12.7 Å². The number of fused-ring (bicyclic) bond motifs is 1. The number of nitrogens with zero attached hydrogens (tertiary/aromatic N) is 3. The van der Waals surface area contributed by atoms with Gasteiger partial charge in [-0.1, -0.05) is 11.2 Å². The molecule has 1 aliphatic rings. The Morgan fingerprint density at radius 3 is 2.72 bits per heavy atom. The van der Waals surface area contributed by atoms with E-state index in [4.69, 9.17) is 23.4 Å². The largest absolute Gasteiger partial charge is 0.469 e. The summed E-state index contributed by atoms with van der Waals surface area (Å²) >= 11 is 0. The van der Waals surface area contributed by atoms with Crippen LogP contribution in [0.5, 0.6) is 11.5 Å². The van der Waals surface area contributed by atoms with Crippen molar-refractivity contribution in [2.45, 2.75) is 20.4 Å². The van der Waals surface area contributed by atoms with Crippen molar-refractivity contribution in [1.82, 2.24) is 15.1 Å². The molecule has 0 unspecified atom stereocenters. The fourth-order valence-electron chi connectivity index (χ4n) is 3.21. The van der Waals surface area contributed by atoms with Gasteiger partial charge in [-0.3, -0.25) is 0 Å². The van der Waals surface area contributed by atoms with E-state index in [-0.39, 0.29) is 6.79 Å². The molecule has 0 saturated heterocycles. The molecule has 4 aromatic rings. The molecule has 0 spiro atoms. The van der Waals surface area contributed by atoms with Gasteiger partial charge < -0.3 is 23.7 Å². The summed E-state index contributed by atoms with van der Waals surface area (Å²) in [5.41, 5.74) is 4.18. The Hall–Kier alpha value is -3.81. The molecule has 8 nitrogen and oxygen atoms in total. The summed E-state index contributed by atoms with van der Waals surface area (Å²) in [4.78, 5) is 9.18. The topological polar surface area (TPSA) is 95.4 Å². The Bertz CT molecular complexity index is 1180. The summed E-state index contributed by atoms with van der Waals surface area (Å²) in [5.74, 6) is 3.38. The van der Waals surface area contributed by atoms with Gasteiger partial charge in [-0.05, 0) is 37.6 Å². The summed E-state index contributed by atoms with van der Waals surface area (Å²) in [5, 5.41) is 7.24. The zero-order valence-electron chi connectivity index (χ0n) is 15.9. The summed E-state index contributed by atoms with van der Waals surface area (Å²) in [6, 6.07) is 9.56. The first kappa shape index (κ1) is 17.3. The van der Waals surface area contributed by atoms with Crippen LogP contribution < -0.4 is 14.8 Å². The van der Waals surface area contributed by atoms with Gasteiger partial charge in [0, 0.05) is 24.4 Å². The molecule has 0 bridgehead atoms. The van der Waals surface area contributed by atoms with Crippen LogP contribution in [0.15, 0.2) is 51.7 Å². The van der Waals surface area contributed by atoms with E-state index in [0.717, 1.165) is 45.3 Å². The summed E-state index contributed by atoms with van der Waals surface area (Å²) in [6.07, 6.45) is 3.37. The van der Waals surface area contributed by atoms with Gasteiger partial charge in [-0.15, -0.1) is 0 Å². The number of hydrogen-bond acceptors (Lipinski definition) is 8. The zero-order valence-corrected chi connectivity index (χ0v) is 15.9. The molecule has 146 valence electrons. The number of aryl methyl sites for hydroxylation is 2. The minimum atomic E-state index is 0.255. The first-order chi connectivity index (χ1) is 14.2. The highest BCUT2D eigenvalue weighted by molar-refractivity contribution is 5.79. The molecule has 5 rings (SSSR count). The first-order valence-electron chi connectivity index (χ1n) is 9.15. The maximum absolute atomic E-state index is 5.47. The van der Waals surface area contributed by atoms with Crippen molar-refractivity contribution in [3.8, 4) is 34.1 Å². The second-order valence-corrected chi connectivity index (χ2v) is 6.72. The van der Waals surface area contributed by atoms with E-state index in [9.17, 15) is 0 Å². The van der Waals surface area contributed by atoms with Crippen molar-refractivity contribution in [3.05, 3.63) is 59.8 Å². The molecule has 1 aliphatic heterocycles. The summed E-state index contributed by atoms with van der Waals surface area (Å²) < 4.78 is 21.7. The zero-order chi connectivity index (χ0) is 19.8. The smallest absolute Gasteiger partial charge is 0.231 e. The van der Waals surface area contributed by atoms with E-state index in [0.29, 0.717) is 18.3 Å². The van der Waals surface area contributed by atoms with Crippen molar-refractivity contribution >= 4 is 5.95 Å². The molecular weight excluding hydrogens is 372 g/mol. The van der Waals surface area contributed by atoms with Gasteiger partial charge in [0.25, 0.3) is 0 Å². The Labute approximate surface area is 166 Å². The molecule has 0 amide bonds. The third-order valence-corrected chi connectivity index (χ3v) is 4.68. The van der Waals surface area contributed by atoms with Gasteiger partial charge >= 0.3 is 0 Å². The van der Waals surface area contributed by atoms with Crippen molar-refractivity contribution in [2.75, 3.05) is 12.1 Å². The number of furan rings is 1. The standard InChI is InChI=1S/C21H18N4O4/c1-12-7-18(29-25-12)16-10-23-21(24-20(16)15-5-6-26-13(15)2)22-9-14-3-4-17-19(8-14)28-11-27-17/h3-8,10H,9,11H2,1-2H3,(H,22,23,24). The van der Waals surface area contributed by atoms with E-state index in [1.54, 1.807) is 12.5 Å². The molecule has 0 fully saturated rings. The van der Waals surface area contributed by atoms with Gasteiger partial charge in [0.15, 0.2) is 17.3 Å². The molecule has 0 atom stereocenters. The third-order valence-electron chi connectivity index (χ3n) is 4.68. The predicted molar refractivity (Wildman–Crippen MR) is 105 cm³/mol. The predicted octanol–water partition coefficient (Wildman–Crippen LogP) is 4.35. The van der Waals surface area contributed by atoms with Crippen LogP contribution in [0, 0.1) is 13.8 Å². The molecule has 3 aromatic heterocycles. The average molecular weight is 390 g/mol. The molecule has 1 N–H and O–H groups in total. The molecule has 4 heterocycles. The maximum Gasteiger partial charge on any atom is 0.231 e.